The summed E-state index contributed by atoms with van der Waals surface area (Å²) in [5.41, 5.74) is 0. The SMILES string of the molecule is O=C(Cc1ccc(Cl)s1)CC1CS(=O)(=O)CCN1. The van der Waals surface area contributed by atoms with Crippen LogP contribution in [0, 0.1) is 0 Å². The second kappa shape index (κ2) is 5.69. The van der Waals surface area contributed by atoms with E-state index < -0.39 is 9.84 Å². The number of ketones is 1. The molecule has 1 N–H and O–H groups in total. The summed E-state index contributed by atoms with van der Waals surface area (Å²) < 4.78 is 23.5. The largest absolute Gasteiger partial charge is 0.312 e. The molecule has 4 nitrogen and oxygen atoms in total. The van der Waals surface area contributed by atoms with Gasteiger partial charge in [0.15, 0.2) is 9.84 Å². The first-order chi connectivity index (χ1) is 8.44. The molecule has 1 saturated heterocycles. The zero-order valence-corrected chi connectivity index (χ0v) is 12.1. The van der Waals surface area contributed by atoms with Gasteiger partial charge in [0.2, 0.25) is 0 Å². The zero-order chi connectivity index (χ0) is 13.2. The van der Waals surface area contributed by atoms with E-state index in [1.165, 1.54) is 11.3 Å². The second-order valence-electron chi connectivity index (χ2n) is 4.39. The van der Waals surface area contributed by atoms with E-state index in [1.54, 1.807) is 6.07 Å². The summed E-state index contributed by atoms with van der Waals surface area (Å²) in [6, 6.07) is 3.35. The molecule has 0 amide bonds. The van der Waals surface area contributed by atoms with Gasteiger partial charge in [0.05, 0.1) is 15.8 Å². The van der Waals surface area contributed by atoms with Gasteiger partial charge in [0.1, 0.15) is 5.78 Å². The molecule has 1 aliphatic heterocycles. The number of rotatable bonds is 4. The minimum atomic E-state index is -2.98. The Morgan fingerprint density at radius 1 is 1.50 bits per heavy atom. The van der Waals surface area contributed by atoms with E-state index in [9.17, 15) is 13.2 Å². The van der Waals surface area contributed by atoms with Gasteiger partial charge in [-0.15, -0.1) is 11.3 Å². The highest BCUT2D eigenvalue weighted by Gasteiger charge is 2.25. The van der Waals surface area contributed by atoms with Crippen LogP contribution in [0.5, 0.6) is 0 Å². The summed E-state index contributed by atoms with van der Waals surface area (Å²) in [5.74, 6) is 0.269. The Morgan fingerprint density at radius 3 is 2.89 bits per heavy atom. The van der Waals surface area contributed by atoms with Crippen molar-refractivity contribution in [1.82, 2.24) is 5.32 Å². The van der Waals surface area contributed by atoms with Crippen molar-refractivity contribution in [3.05, 3.63) is 21.3 Å². The number of thiophene rings is 1. The van der Waals surface area contributed by atoms with Gasteiger partial charge in [-0.25, -0.2) is 8.42 Å². The highest BCUT2D eigenvalue weighted by atomic mass is 35.5. The third-order valence-corrected chi connectivity index (χ3v) is 5.74. The fraction of sp³-hybridized carbons (Fsp3) is 0.545. The predicted octanol–water partition coefficient (Wildman–Crippen LogP) is 1.29. The Labute approximate surface area is 115 Å². The van der Waals surface area contributed by atoms with Gasteiger partial charge in [0, 0.05) is 30.3 Å². The van der Waals surface area contributed by atoms with Gasteiger partial charge in [0.25, 0.3) is 0 Å². The number of Topliss-reactive ketones (excluding diaryl/α,β-unsaturated/α-hetero) is 1. The van der Waals surface area contributed by atoms with Gasteiger partial charge in [-0.3, -0.25) is 4.79 Å². The Bertz CT molecular complexity index is 538. The van der Waals surface area contributed by atoms with Crippen molar-refractivity contribution in [3.8, 4) is 0 Å². The van der Waals surface area contributed by atoms with E-state index in [2.05, 4.69) is 5.32 Å². The van der Waals surface area contributed by atoms with Crippen LogP contribution < -0.4 is 5.32 Å². The first kappa shape index (κ1) is 14.0. The summed E-state index contributed by atoms with van der Waals surface area (Å²) in [4.78, 5) is 12.7. The Balaban J connectivity index is 1.88. The molecule has 0 saturated carbocycles. The van der Waals surface area contributed by atoms with Crippen molar-refractivity contribution in [3.63, 3.8) is 0 Å². The maximum atomic E-state index is 11.8. The first-order valence-corrected chi connectivity index (χ1v) is 8.66. The highest BCUT2D eigenvalue weighted by Crippen LogP contribution is 2.22. The van der Waals surface area contributed by atoms with Gasteiger partial charge >= 0.3 is 0 Å². The van der Waals surface area contributed by atoms with E-state index in [4.69, 9.17) is 11.6 Å². The summed E-state index contributed by atoms with van der Waals surface area (Å²) in [5, 5.41) is 3.07. The van der Waals surface area contributed by atoms with Crippen molar-refractivity contribution < 1.29 is 13.2 Å². The first-order valence-electron chi connectivity index (χ1n) is 5.64. The average Bonchev–Trinajstić information content (AvgIpc) is 2.62. The maximum absolute atomic E-state index is 11.8. The molecule has 1 atom stereocenters. The van der Waals surface area contributed by atoms with Crippen LogP contribution in [0.4, 0.5) is 0 Å². The van der Waals surface area contributed by atoms with Gasteiger partial charge in [-0.05, 0) is 12.1 Å². The smallest absolute Gasteiger partial charge is 0.153 e. The molecule has 1 fully saturated rings. The van der Waals surface area contributed by atoms with Gasteiger partial charge in [-0.2, -0.15) is 0 Å². The molecular weight excluding hydrogens is 294 g/mol. The summed E-state index contributed by atoms with van der Waals surface area (Å²) in [6.07, 6.45) is 0.588. The molecule has 100 valence electrons. The molecule has 0 spiro atoms. The van der Waals surface area contributed by atoms with E-state index >= 15 is 0 Å². The van der Waals surface area contributed by atoms with Crippen LogP contribution in [0.25, 0.3) is 0 Å². The van der Waals surface area contributed by atoms with Crippen LogP contribution in [-0.2, 0) is 21.1 Å². The Morgan fingerprint density at radius 2 is 2.28 bits per heavy atom. The lowest BCUT2D eigenvalue weighted by molar-refractivity contribution is -0.118. The third kappa shape index (κ3) is 4.05. The molecule has 2 heterocycles. The lowest BCUT2D eigenvalue weighted by Gasteiger charge is -2.22. The third-order valence-electron chi connectivity index (χ3n) is 2.78. The van der Waals surface area contributed by atoms with Gasteiger partial charge < -0.3 is 5.32 Å². The van der Waals surface area contributed by atoms with E-state index in [0.29, 0.717) is 17.3 Å². The summed E-state index contributed by atoms with van der Waals surface area (Å²) in [6.45, 7) is 0.436. The van der Waals surface area contributed by atoms with Crippen LogP contribution in [-0.4, -0.2) is 38.3 Å². The minimum absolute atomic E-state index is 0.0446. The molecule has 1 aromatic rings. The molecule has 0 aliphatic carbocycles. The maximum Gasteiger partial charge on any atom is 0.153 e. The van der Waals surface area contributed by atoms with Crippen molar-refractivity contribution in [2.75, 3.05) is 18.1 Å². The summed E-state index contributed by atoms with van der Waals surface area (Å²) in [7, 11) is -2.98. The average molecular weight is 308 g/mol. The molecule has 0 radical (unpaired) electrons. The predicted molar refractivity (Wildman–Crippen MR) is 73.1 cm³/mol. The van der Waals surface area contributed by atoms with Crippen LogP contribution in [0.1, 0.15) is 11.3 Å². The minimum Gasteiger partial charge on any atom is -0.312 e. The molecule has 1 aliphatic rings. The second-order valence-corrected chi connectivity index (χ2v) is 8.42. The van der Waals surface area contributed by atoms with E-state index in [0.717, 1.165) is 4.88 Å². The lowest BCUT2D eigenvalue weighted by atomic mass is 10.1. The quantitative estimate of drug-likeness (QED) is 0.910. The van der Waals surface area contributed by atoms with Crippen LogP contribution in [0.15, 0.2) is 12.1 Å². The summed E-state index contributed by atoms with van der Waals surface area (Å²) >= 11 is 7.17. The molecule has 1 unspecified atom stereocenters. The zero-order valence-electron chi connectivity index (χ0n) is 9.69. The number of hydrogen-bond acceptors (Lipinski definition) is 5. The van der Waals surface area contributed by atoms with Crippen molar-refractivity contribution >= 4 is 38.6 Å². The highest BCUT2D eigenvalue weighted by molar-refractivity contribution is 7.91. The number of sulfone groups is 1. The Kier molecular flexibility index (Phi) is 4.42. The monoisotopic (exact) mass is 307 g/mol. The van der Waals surface area contributed by atoms with Crippen LogP contribution >= 0.6 is 22.9 Å². The molecule has 0 bridgehead atoms. The number of carbonyl (C=O) groups is 1. The molecule has 18 heavy (non-hydrogen) atoms. The molecule has 7 heteroatoms. The number of nitrogens with one attached hydrogen (secondary N) is 1. The number of hydrogen-bond donors (Lipinski definition) is 1. The number of carbonyl (C=O) groups excluding carboxylic acids is 1. The van der Waals surface area contributed by atoms with Crippen LogP contribution in [0.3, 0.4) is 0 Å². The molecular formula is C11H14ClNO3S2. The van der Waals surface area contributed by atoms with Crippen molar-refractivity contribution in [2.24, 2.45) is 0 Å². The fourth-order valence-corrected chi connectivity index (χ4v) is 4.55. The Hall–Kier alpha value is -0.430. The molecule has 0 aromatic carbocycles. The topological polar surface area (TPSA) is 63.2 Å². The van der Waals surface area contributed by atoms with Crippen molar-refractivity contribution in [2.45, 2.75) is 18.9 Å². The molecule has 2 rings (SSSR count). The molecule has 1 aromatic heterocycles. The van der Waals surface area contributed by atoms with E-state index in [-0.39, 0.29) is 29.8 Å². The van der Waals surface area contributed by atoms with Gasteiger partial charge in [-0.1, -0.05) is 11.6 Å². The normalized spacial score (nSPS) is 22.8. The standard InChI is InChI=1S/C11H14ClNO3S2/c12-11-2-1-10(17-11)6-9(14)5-8-7-18(15,16)4-3-13-8/h1-2,8,13H,3-7H2. The van der Waals surface area contributed by atoms with E-state index in [1.807, 2.05) is 6.07 Å². The van der Waals surface area contributed by atoms with Crippen molar-refractivity contribution in [1.29, 1.82) is 0 Å². The van der Waals surface area contributed by atoms with Crippen LogP contribution in [0.2, 0.25) is 4.34 Å². The number of halogens is 1. The lowest BCUT2D eigenvalue weighted by Crippen LogP contribution is -2.46. The fourth-order valence-electron chi connectivity index (χ4n) is 1.99.